The fourth-order valence-corrected chi connectivity index (χ4v) is 6.12. The van der Waals surface area contributed by atoms with E-state index in [9.17, 15) is 0 Å². The number of nitrogens with zero attached hydrogens (tertiary/aromatic N) is 1. The Kier molecular flexibility index (Phi) is 6.32. The zero-order valence-electron chi connectivity index (χ0n) is 23.4. The number of hydrogen-bond acceptors (Lipinski definition) is 4. The van der Waals surface area contributed by atoms with Crippen molar-refractivity contribution in [2.75, 3.05) is 0 Å². The predicted molar refractivity (Wildman–Crippen MR) is 176 cm³/mol. The molecule has 2 unspecified atom stereocenters. The summed E-state index contributed by atoms with van der Waals surface area (Å²) >= 11 is 0. The molecule has 0 fully saturated rings. The van der Waals surface area contributed by atoms with Gasteiger partial charge in [-0.05, 0) is 39.9 Å². The number of aliphatic imine (C=N–C) groups is 1. The summed E-state index contributed by atoms with van der Waals surface area (Å²) in [5.41, 5.74) is 9.68. The highest BCUT2D eigenvalue weighted by molar-refractivity contribution is 6.09. The molecule has 8 rings (SSSR count). The van der Waals surface area contributed by atoms with Gasteiger partial charge in [0.05, 0.1) is 0 Å². The largest absolute Gasteiger partial charge is 0.456 e. The summed E-state index contributed by atoms with van der Waals surface area (Å²) in [6.45, 7) is 0. The number of hydrogen-bond donors (Lipinski definition) is 2. The number of furan rings is 1. The Hall–Kier alpha value is -5.45. The van der Waals surface area contributed by atoms with Crippen molar-refractivity contribution in [2.24, 2.45) is 4.99 Å². The SMILES string of the molecule is c1ccc(C2=NC(c3c(-c4ccc(-c5ccccc5)cc4)ccc4oc5ccccc5c34)NC(c3ccccc3)N2)cc1. The zero-order valence-corrected chi connectivity index (χ0v) is 23.4. The first-order chi connectivity index (χ1) is 21.3. The van der Waals surface area contributed by atoms with Gasteiger partial charge in [-0.2, -0.15) is 0 Å². The maximum Gasteiger partial charge on any atom is 0.135 e. The first-order valence-electron chi connectivity index (χ1n) is 14.6. The molecule has 4 heteroatoms. The van der Waals surface area contributed by atoms with E-state index in [1.165, 1.54) is 11.1 Å². The van der Waals surface area contributed by atoms with Gasteiger partial charge in [0.25, 0.3) is 0 Å². The van der Waals surface area contributed by atoms with Crippen LogP contribution >= 0.6 is 0 Å². The van der Waals surface area contributed by atoms with E-state index >= 15 is 0 Å². The molecule has 0 radical (unpaired) electrons. The van der Waals surface area contributed by atoms with Gasteiger partial charge in [-0.1, -0.05) is 140 Å². The highest BCUT2D eigenvalue weighted by Gasteiger charge is 2.30. The Morgan fingerprint density at radius 1 is 0.512 bits per heavy atom. The van der Waals surface area contributed by atoms with Crippen molar-refractivity contribution in [2.45, 2.75) is 12.3 Å². The third-order valence-corrected chi connectivity index (χ3v) is 8.20. The summed E-state index contributed by atoms with van der Waals surface area (Å²) in [5, 5.41) is 9.68. The van der Waals surface area contributed by atoms with Crippen LogP contribution in [0.5, 0.6) is 0 Å². The average Bonchev–Trinajstić information content (AvgIpc) is 3.48. The van der Waals surface area contributed by atoms with Crippen molar-refractivity contribution in [3.63, 3.8) is 0 Å². The third kappa shape index (κ3) is 4.68. The molecule has 206 valence electrons. The second-order valence-corrected chi connectivity index (χ2v) is 10.8. The van der Waals surface area contributed by atoms with Crippen LogP contribution in [0.2, 0.25) is 0 Å². The lowest BCUT2D eigenvalue weighted by Gasteiger charge is -2.33. The molecule has 7 aromatic rings. The summed E-state index contributed by atoms with van der Waals surface area (Å²) < 4.78 is 6.38. The van der Waals surface area contributed by atoms with Crippen molar-refractivity contribution in [3.05, 3.63) is 168 Å². The second kappa shape index (κ2) is 10.8. The van der Waals surface area contributed by atoms with Crippen LogP contribution in [0.15, 0.2) is 161 Å². The van der Waals surface area contributed by atoms with E-state index in [1.807, 2.05) is 30.3 Å². The quantitative estimate of drug-likeness (QED) is 0.223. The summed E-state index contributed by atoms with van der Waals surface area (Å²) in [7, 11) is 0. The van der Waals surface area contributed by atoms with E-state index in [1.54, 1.807) is 0 Å². The van der Waals surface area contributed by atoms with Crippen LogP contribution in [0.4, 0.5) is 0 Å². The minimum atomic E-state index is -0.338. The molecule has 0 spiro atoms. The molecule has 1 aromatic heterocycles. The number of amidine groups is 1. The monoisotopic (exact) mass is 555 g/mol. The molecule has 2 atom stereocenters. The first-order valence-corrected chi connectivity index (χ1v) is 14.6. The van der Waals surface area contributed by atoms with Crippen LogP contribution in [0.25, 0.3) is 44.2 Å². The summed E-state index contributed by atoms with van der Waals surface area (Å²) in [4.78, 5) is 5.34. The molecular weight excluding hydrogens is 526 g/mol. The number of nitrogens with one attached hydrogen (secondary N) is 2. The number of para-hydroxylation sites is 1. The molecule has 4 nitrogen and oxygen atoms in total. The van der Waals surface area contributed by atoms with Gasteiger partial charge < -0.3 is 9.73 Å². The average molecular weight is 556 g/mol. The molecule has 1 aliphatic rings. The molecule has 6 aromatic carbocycles. The highest BCUT2D eigenvalue weighted by atomic mass is 16.3. The fourth-order valence-electron chi connectivity index (χ4n) is 6.12. The molecule has 2 N–H and O–H groups in total. The lowest BCUT2D eigenvalue weighted by molar-refractivity contribution is 0.411. The summed E-state index contributed by atoms with van der Waals surface area (Å²) in [5.74, 6) is 0.855. The van der Waals surface area contributed by atoms with E-state index in [4.69, 9.17) is 9.41 Å². The van der Waals surface area contributed by atoms with Crippen LogP contribution < -0.4 is 10.6 Å². The van der Waals surface area contributed by atoms with Gasteiger partial charge in [0.1, 0.15) is 29.3 Å². The lowest BCUT2D eigenvalue weighted by Crippen LogP contribution is -2.45. The Labute approximate surface area is 250 Å². The highest BCUT2D eigenvalue weighted by Crippen LogP contribution is 2.42. The van der Waals surface area contributed by atoms with E-state index in [0.29, 0.717) is 0 Å². The van der Waals surface area contributed by atoms with Crippen molar-refractivity contribution >= 4 is 27.8 Å². The van der Waals surface area contributed by atoms with Gasteiger partial charge in [-0.25, -0.2) is 4.99 Å². The van der Waals surface area contributed by atoms with Gasteiger partial charge in [-0.3, -0.25) is 5.32 Å². The topological polar surface area (TPSA) is 49.6 Å². The fraction of sp³-hybridized carbons (Fsp3) is 0.0513. The molecular formula is C39H29N3O. The third-order valence-electron chi connectivity index (χ3n) is 8.20. The molecule has 2 heterocycles. The smallest absolute Gasteiger partial charge is 0.135 e. The predicted octanol–water partition coefficient (Wildman–Crippen LogP) is 9.26. The lowest BCUT2D eigenvalue weighted by atomic mass is 9.91. The number of benzene rings is 6. The molecule has 0 saturated heterocycles. The van der Waals surface area contributed by atoms with Crippen molar-refractivity contribution in [3.8, 4) is 22.3 Å². The Morgan fingerprint density at radius 2 is 1.12 bits per heavy atom. The van der Waals surface area contributed by atoms with Crippen LogP contribution in [0.1, 0.15) is 29.0 Å². The maximum absolute atomic E-state index is 6.38. The molecule has 1 aliphatic heterocycles. The van der Waals surface area contributed by atoms with Crippen LogP contribution in [-0.2, 0) is 0 Å². The van der Waals surface area contributed by atoms with E-state index in [2.05, 4.69) is 132 Å². The normalized spacial score (nSPS) is 16.6. The van der Waals surface area contributed by atoms with E-state index < -0.39 is 0 Å². The Balaban J connectivity index is 1.34. The standard InChI is InChI=1S/C39H29N3O/c1-4-12-26(13-5-1)27-20-22-28(23-21-27)31-24-25-34-35(32-18-10-11-19-33(32)43-34)36(31)39-41-37(29-14-6-2-7-15-29)40-38(42-39)30-16-8-3-9-17-30/h1-25,37,39,41H,(H,40,42). The molecule has 0 saturated carbocycles. The van der Waals surface area contributed by atoms with Crippen molar-refractivity contribution < 1.29 is 4.42 Å². The van der Waals surface area contributed by atoms with Crippen molar-refractivity contribution in [1.82, 2.24) is 10.6 Å². The molecule has 0 bridgehead atoms. The first kappa shape index (κ1) is 25.3. The Morgan fingerprint density at radius 3 is 1.86 bits per heavy atom. The zero-order chi connectivity index (χ0) is 28.6. The minimum absolute atomic E-state index is 0.138. The summed E-state index contributed by atoms with van der Waals surface area (Å²) in [6, 6.07) is 52.7. The molecule has 0 aliphatic carbocycles. The maximum atomic E-state index is 6.38. The van der Waals surface area contributed by atoms with Gasteiger partial charge in [-0.15, -0.1) is 0 Å². The van der Waals surface area contributed by atoms with Gasteiger partial charge in [0.15, 0.2) is 0 Å². The molecule has 0 amide bonds. The molecule has 43 heavy (non-hydrogen) atoms. The van der Waals surface area contributed by atoms with Gasteiger partial charge >= 0.3 is 0 Å². The number of rotatable bonds is 5. The van der Waals surface area contributed by atoms with Crippen molar-refractivity contribution in [1.29, 1.82) is 0 Å². The van der Waals surface area contributed by atoms with E-state index in [-0.39, 0.29) is 12.3 Å². The Bertz CT molecular complexity index is 2060. The number of fused-ring (bicyclic) bond motifs is 3. The second-order valence-electron chi connectivity index (χ2n) is 10.8. The van der Waals surface area contributed by atoms with Crippen LogP contribution in [0.3, 0.4) is 0 Å². The summed E-state index contributed by atoms with van der Waals surface area (Å²) in [6.07, 6.45) is -0.476. The van der Waals surface area contributed by atoms with Gasteiger partial charge in [0.2, 0.25) is 0 Å². The van der Waals surface area contributed by atoms with E-state index in [0.717, 1.165) is 55.6 Å². The van der Waals surface area contributed by atoms with Crippen LogP contribution in [-0.4, -0.2) is 5.84 Å². The van der Waals surface area contributed by atoms with Crippen LogP contribution in [0, 0.1) is 0 Å². The van der Waals surface area contributed by atoms with Gasteiger partial charge in [0, 0.05) is 21.9 Å². The minimum Gasteiger partial charge on any atom is -0.456 e.